The summed E-state index contributed by atoms with van der Waals surface area (Å²) in [6, 6.07) is 5.33. The van der Waals surface area contributed by atoms with Crippen LogP contribution < -0.4 is 4.74 Å². The van der Waals surface area contributed by atoms with Crippen molar-refractivity contribution >= 4 is 5.91 Å². The number of nitrogens with one attached hydrogen (secondary N) is 1. The molecule has 1 saturated heterocycles. The highest BCUT2D eigenvalue weighted by atomic mass is 19.1. The lowest BCUT2D eigenvalue weighted by Gasteiger charge is -2.34. The van der Waals surface area contributed by atoms with Gasteiger partial charge in [0.1, 0.15) is 23.4 Å². The van der Waals surface area contributed by atoms with Gasteiger partial charge in [-0.3, -0.25) is 4.79 Å². The van der Waals surface area contributed by atoms with E-state index in [4.69, 9.17) is 9.47 Å². The zero-order valence-electron chi connectivity index (χ0n) is 12.8. The largest absolute Gasteiger partial charge is 0.484 e. The normalized spacial score (nSPS) is 18.0. The predicted molar refractivity (Wildman–Crippen MR) is 80.5 cm³/mol. The molecule has 0 spiro atoms. The maximum Gasteiger partial charge on any atom is 0.261 e. The molecule has 7 heteroatoms. The van der Waals surface area contributed by atoms with Crippen LogP contribution in [0.5, 0.6) is 5.75 Å². The summed E-state index contributed by atoms with van der Waals surface area (Å²) in [5.41, 5.74) is 0.931. The minimum Gasteiger partial charge on any atom is -0.484 e. The molecule has 1 aliphatic rings. The van der Waals surface area contributed by atoms with Gasteiger partial charge in [-0.15, -0.1) is 0 Å². The second-order valence-corrected chi connectivity index (χ2v) is 5.37. The number of imidazole rings is 1. The van der Waals surface area contributed by atoms with Crippen LogP contribution in [0.3, 0.4) is 0 Å². The molecular weight excluding hydrogens is 301 g/mol. The third kappa shape index (κ3) is 3.68. The van der Waals surface area contributed by atoms with Crippen LogP contribution >= 0.6 is 0 Å². The van der Waals surface area contributed by atoms with Gasteiger partial charge in [0, 0.05) is 18.4 Å². The molecule has 1 aliphatic heterocycles. The Hall–Kier alpha value is -2.41. The first kappa shape index (κ1) is 15.5. The van der Waals surface area contributed by atoms with Crippen molar-refractivity contribution in [3.05, 3.63) is 47.8 Å². The van der Waals surface area contributed by atoms with Crippen molar-refractivity contribution in [1.82, 2.24) is 14.9 Å². The molecule has 3 rings (SSSR count). The fourth-order valence-electron chi connectivity index (χ4n) is 2.49. The minimum absolute atomic E-state index is 0.109. The van der Waals surface area contributed by atoms with Crippen molar-refractivity contribution in [2.45, 2.75) is 13.0 Å². The van der Waals surface area contributed by atoms with E-state index in [9.17, 15) is 9.18 Å². The lowest BCUT2D eigenvalue weighted by molar-refractivity contribution is -0.142. The van der Waals surface area contributed by atoms with Gasteiger partial charge < -0.3 is 19.4 Å². The number of morpholine rings is 1. The Bertz CT molecular complexity index is 671. The maximum absolute atomic E-state index is 12.9. The molecule has 23 heavy (non-hydrogen) atoms. The van der Waals surface area contributed by atoms with Gasteiger partial charge in [-0.1, -0.05) is 0 Å². The van der Waals surface area contributed by atoms with Crippen LogP contribution in [0.15, 0.2) is 30.5 Å². The standard InChI is InChI=1S/C16H18FN3O3/c1-11-8-18-16(19-11)14-9-22-7-6-20(14)15(21)10-23-13-4-2-12(17)3-5-13/h2-5,8,14H,6-7,9-10H2,1H3,(H,18,19). The van der Waals surface area contributed by atoms with Gasteiger partial charge in [0.15, 0.2) is 6.61 Å². The summed E-state index contributed by atoms with van der Waals surface area (Å²) in [5.74, 6) is 0.664. The van der Waals surface area contributed by atoms with Gasteiger partial charge in [0.25, 0.3) is 5.91 Å². The number of aryl methyl sites for hydroxylation is 1. The van der Waals surface area contributed by atoms with Crippen LogP contribution in [-0.2, 0) is 9.53 Å². The Balaban J connectivity index is 1.65. The van der Waals surface area contributed by atoms with Gasteiger partial charge >= 0.3 is 0 Å². The summed E-state index contributed by atoms with van der Waals surface area (Å²) in [4.78, 5) is 21.6. The summed E-state index contributed by atoms with van der Waals surface area (Å²) in [5, 5.41) is 0. The Morgan fingerprint density at radius 3 is 2.96 bits per heavy atom. The van der Waals surface area contributed by atoms with Gasteiger partial charge in [-0.05, 0) is 31.2 Å². The third-order valence-electron chi connectivity index (χ3n) is 3.66. The quantitative estimate of drug-likeness (QED) is 0.934. The first-order valence-corrected chi connectivity index (χ1v) is 7.40. The predicted octanol–water partition coefficient (Wildman–Crippen LogP) is 1.84. The summed E-state index contributed by atoms with van der Waals surface area (Å²) in [6.45, 7) is 3.16. The lowest BCUT2D eigenvalue weighted by atomic mass is 10.2. The van der Waals surface area contributed by atoms with Crippen LogP contribution in [0.4, 0.5) is 4.39 Å². The van der Waals surface area contributed by atoms with Gasteiger partial charge in [-0.25, -0.2) is 9.37 Å². The van der Waals surface area contributed by atoms with Crippen LogP contribution in [0.1, 0.15) is 17.6 Å². The number of amides is 1. The van der Waals surface area contributed by atoms with Crippen molar-refractivity contribution in [1.29, 1.82) is 0 Å². The topological polar surface area (TPSA) is 67.4 Å². The van der Waals surface area contributed by atoms with E-state index in [0.29, 0.717) is 31.3 Å². The zero-order chi connectivity index (χ0) is 16.2. The van der Waals surface area contributed by atoms with E-state index >= 15 is 0 Å². The van der Waals surface area contributed by atoms with Gasteiger partial charge in [0.05, 0.1) is 13.2 Å². The van der Waals surface area contributed by atoms with E-state index in [1.165, 1.54) is 24.3 Å². The smallest absolute Gasteiger partial charge is 0.261 e. The number of ether oxygens (including phenoxy) is 2. The van der Waals surface area contributed by atoms with Gasteiger partial charge in [0.2, 0.25) is 0 Å². The Morgan fingerprint density at radius 2 is 2.26 bits per heavy atom. The molecule has 1 unspecified atom stereocenters. The highest BCUT2D eigenvalue weighted by Crippen LogP contribution is 2.22. The van der Waals surface area contributed by atoms with Crippen LogP contribution in [0.25, 0.3) is 0 Å². The fourth-order valence-corrected chi connectivity index (χ4v) is 2.49. The third-order valence-corrected chi connectivity index (χ3v) is 3.66. The number of hydrogen-bond acceptors (Lipinski definition) is 4. The summed E-state index contributed by atoms with van der Waals surface area (Å²) in [7, 11) is 0. The molecule has 122 valence electrons. The van der Waals surface area contributed by atoms with E-state index in [-0.39, 0.29) is 24.4 Å². The molecule has 1 fully saturated rings. The van der Waals surface area contributed by atoms with E-state index in [1.54, 1.807) is 11.1 Å². The summed E-state index contributed by atoms with van der Waals surface area (Å²) < 4.78 is 23.8. The Kier molecular flexibility index (Phi) is 4.57. The number of halogens is 1. The number of rotatable bonds is 4. The first-order chi connectivity index (χ1) is 11.1. The molecule has 1 atom stereocenters. The molecule has 1 aromatic carbocycles. The number of aromatic nitrogens is 2. The average Bonchev–Trinajstić information content (AvgIpc) is 3.00. The maximum atomic E-state index is 12.9. The number of nitrogens with zero attached hydrogens (tertiary/aromatic N) is 2. The second-order valence-electron chi connectivity index (χ2n) is 5.37. The highest BCUT2D eigenvalue weighted by molar-refractivity contribution is 5.78. The molecule has 2 heterocycles. The molecule has 0 saturated carbocycles. The number of H-pyrrole nitrogens is 1. The zero-order valence-corrected chi connectivity index (χ0v) is 12.8. The van der Waals surface area contributed by atoms with Crippen molar-refractivity contribution in [3.8, 4) is 5.75 Å². The Morgan fingerprint density at radius 1 is 1.48 bits per heavy atom. The molecular formula is C16H18FN3O3. The van der Waals surface area contributed by atoms with Crippen molar-refractivity contribution in [2.24, 2.45) is 0 Å². The lowest BCUT2D eigenvalue weighted by Crippen LogP contribution is -2.45. The monoisotopic (exact) mass is 319 g/mol. The molecule has 1 amide bonds. The summed E-state index contributed by atoms with van der Waals surface area (Å²) >= 11 is 0. The van der Waals surface area contributed by atoms with Crippen LogP contribution in [0.2, 0.25) is 0 Å². The SMILES string of the molecule is Cc1cnc(C2COCCN2C(=O)COc2ccc(F)cc2)[nH]1. The molecule has 2 aromatic rings. The second kappa shape index (κ2) is 6.78. The van der Waals surface area contributed by atoms with Crippen molar-refractivity contribution in [3.63, 3.8) is 0 Å². The fraction of sp³-hybridized carbons (Fsp3) is 0.375. The number of aromatic amines is 1. The molecule has 0 aliphatic carbocycles. The molecule has 0 bridgehead atoms. The molecule has 1 aromatic heterocycles. The van der Waals surface area contributed by atoms with E-state index in [2.05, 4.69) is 9.97 Å². The minimum atomic E-state index is -0.342. The number of carbonyl (C=O) groups is 1. The van der Waals surface area contributed by atoms with Crippen LogP contribution in [-0.4, -0.2) is 47.1 Å². The molecule has 1 N–H and O–H groups in total. The van der Waals surface area contributed by atoms with Crippen molar-refractivity contribution < 1.29 is 18.7 Å². The summed E-state index contributed by atoms with van der Waals surface area (Å²) in [6.07, 6.45) is 1.72. The first-order valence-electron chi connectivity index (χ1n) is 7.40. The molecule has 0 radical (unpaired) electrons. The number of hydrogen-bond donors (Lipinski definition) is 1. The van der Waals surface area contributed by atoms with E-state index in [0.717, 1.165) is 5.69 Å². The van der Waals surface area contributed by atoms with E-state index in [1.807, 2.05) is 6.92 Å². The van der Waals surface area contributed by atoms with E-state index < -0.39 is 0 Å². The van der Waals surface area contributed by atoms with Crippen molar-refractivity contribution in [2.75, 3.05) is 26.4 Å². The average molecular weight is 319 g/mol. The van der Waals surface area contributed by atoms with Gasteiger partial charge in [-0.2, -0.15) is 0 Å². The van der Waals surface area contributed by atoms with Crippen LogP contribution in [0, 0.1) is 12.7 Å². The highest BCUT2D eigenvalue weighted by Gasteiger charge is 2.30. The number of benzene rings is 1. The number of carbonyl (C=O) groups excluding carboxylic acids is 1. The molecule has 6 nitrogen and oxygen atoms in total. The Labute approximate surface area is 133 Å².